The Hall–Kier alpha value is -1.35. The van der Waals surface area contributed by atoms with Gasteiger partial charge in [-0.3, -0.25) is 4.79 Å². The monoisotopic (exact) mass is 272 g/mol. The summed E-state index contributed by atoms with van der Waals surface area (Å²) in [5.41, 5.74) is 2.36. The average Bonchev–Trinajstić information content (AvgIpc) is 3.03. The van der Waals surface area contributed by atoms with Crippen molar-refractivity contribution in [3.05, 3.63) is 29.8 Å². The van der Waals surface area contributed by atoms with E-state index in [2.05, 4.69) is 34.9 Å². The number of hydrogen-bond acceptors (Lipinski definition) is 2. The van der Waals surface area contributed by atoms with Crippen LogP contribution in [0, 0.1) is 5.92 Å². The molecule has 0 aromatic heterocycles. The number of nitrogens with one attached hydrogen (secondary N) is 2. The van der Waals surface area contributed by atoms with E-state index in [0.717, 1.165) is 37.5 Å². The molecule has 1 aromatic carbocycles. The summed E-state index contributed by atoms with van der Waals surface area (Å²) in [6.07, 6.45) is 7.45. The van der Waals surface area contributed by atoms with Gasteiger partial charge in [0.05, 0.1) is 5.92 Å². The van der Waals surface area contributed by atoms with Crippen LogP contribution in [0.4, 0.5) is 5.69 Å². The highest BCUT2D eigenvalue weighted by atomic mass is 16.1. The third kappa shape index (κ3) is 3.21. The first kappa shape index (κ1) is 13.6. The molecule has 1 aromatic rings. The predicted molar refractivity (Wildman–Crippen MR) is 81.9 cm³/mol. The lowest BCUT2D eigenvalue weighted by molar-refractivity contribution is -0.120. The second-order valence-corrected chi connectivity index (χ2v) is 6.14. The van der Waals surface area contributed by atoms with Crippen molar-refractivity contribution in [1.82, 2.24) is 5.32 Å². The van der Waals surface area contributed by atoms with Gasteiger partial charge in [-0.1, -0.05) is 25.0 Å². The van der Waals surface area contributed by atoms with E-state index >= 15 is 0 Å². The van der Waals surface area contributed by atoms with Crippen LogP contribution in [0.15, 0.2) is 24.3 Å². The zero-order valence-electron chi connectivity index (χ0n) is 12.0. The zero-order valence-corrected chi connectivity index (χ0v) is 12.0. The largest absolute Gasteiger partial charge is 0.326 e. The van der Waals surface area contributed by atoms with Crippen LogP contribution in [-0.4, -0.2) is 19.0 Å². The SMILES string of the molecule is O=C(Nc1ccc(C2CCCC2)cc1)C1CCCNC1. The molecular weight excluding hydrogens is 248 g/mol. The van der Waals surface area contributed by atoms with Crippen molar-refractivity contribution in [1.29, 1.82) is 0 Å². The third-order valence-corrected chi connectivity index (χ3v) is 4.67. The molecule has 1 saturated carbocycles. The van der Waals surface area contributed by atoms with Gasteiger partial charge in [-0.25, -0.2) is 0 Å². The number of amides is 1. The van der Waals surface area contributed by atoms with Crippen LogP contribution in [-0.2, 0) is 4.79 Å². The Kier molecular flexibility index (Phi) is 4.36. The highest BCUT2D eigenvalue weighted by Gasteiger charge is 2.21. The Morgan fingerprint density at radius 1 is 1.05 bits per heavy atom. The van der Waals surface area contributed by atoms with Gasteiger partial charge in [0.2, 0.25) is 5.91 Å². The van der Waals surface area contributed by atoms with Gasteiger partial charge >= 0.3 is 0 Å². The summed E-state index contributed by atoms with van der Waals surface area (Å²) in [6, 6.07) is 8.49. The molecule has 1 unspecified atom stereocenters. The maximum absolute atomic E-state index is 12.2. The van der Waals surface area contributed by atoms with Crippen molar-refractivity contribution in [2.75, 3.05) is 18.4 Å². The van der Waals surface area contributed by atoms with Gasteiger partial charge < -0.3 is 10.6 Å². The number of benzene rings is 1. The molecule has 0 spiro atoms. The fourth-order valence-corrected chi connectivity index (χ4v) is 3.42. The van der Waals surface area contributed by atoms with E-state index in [-0.39, 0.29) is 11.8 Å². The molecule has 0 radical (unpaired) electrons. The molecule has 1 atom stereocenters. The van der Waals surface area contributed by atoms with Crippen molar-refractivity contribution in [3.63, 3.8) is 0 Å². The Morgan fingerprint density at radius 2 is 1.80 bits per heavy atom. The molecule has 3 nitrogen and oxygen atoms in total. The summed E-state index contributed by atoms with van der Waals surface area (Å²) in [7, 11) is 0. The van der Waals surface area contributed by atoms with E-state index in [0.29, 0.717) is 0 Å². The van der Waals surface area contributed by atoms with E-state index in [9.17, 15) is 4.79 Å². The molecule has 108 valence electrons. The van der Waals surface area contributed by atoms with Crippen LogP contribution >= 0.6 is 0 Å². The van der Waals surface area contributed by atoms with Crippen LogP contribution in [0.1, 0.15) is 50.0 Å². The van der Waals surface area contributed by atoms with E-state index in [1.165, 1.54) is 31.2 Å². The molecule has 2 fully saturated rings. The fourth-order valence-electron chi connectivity index (χ4n) is 3.42. The first-order valence-corrected chi connectivity index (χ1v) is 7.94. The van der Waals surface area contributed by atoms with Gasteiger partial charge in [0.1, 0.15) is 0 Å². The molecule has 1 heterocycles. The molecular formula is C17H24N2O. The van der Waals surface area contributed by atoms with Crippen molar-refractivity contribution in [2.24, 2.45) is 5.92 Å². The topological polar surface area (TPSA) is 41.1 Å². The van der Waals surface area contributed by atoms with Gasteiger partial charge in [0.15, 0.2) is 0 Å². The van der Waals surface area contributed by atoms with Crippen LogP contribution in [0.25, 0.3) is 0 Å². The first-order chi connectivity index (χ1) is 9.83. The van der Waals surface area contributed by atoms with E-state index in [1.54, 1.807) is 0 Å². The van der Waals surface area contributed by atoms with Gasteiger partial charge in [0.25, 0.3) is 0 Å². The Bertz CT molecular complexity index is 443. The summed E-state index contributed by atoms with van der Waals surface area (Å²) >= 11 is 0. The molecule has 3 heteroatoms. The summed E-state index contributed by atoms with van der Waals surface area (Å²) in [4.78, 5) is 12.2. The van der Waals surface area contributed by atoms with Crippen LogP contribution < -0.4 is 10.6 Å². The molecule has 3 rings (SSSR count). The summed E-state index contributed by atoms with van der Waals surface area (Å²) < 4.78 is 0. The number of anilines is 1. The Balaban J connectivity index is 1.58. The number of carbonyl (C=O) groups excluding carboxylic acids is 1. The van der Waals surface area contributed by atoms with E-state index < -0.39 is 0 Å². The number of rotatable bonds is 3. The lowest BCUT2D eigenvalue weighted by Gasteiger charge is -2.22. The molecule has 20 heavy (non-hydrogen) atoms. The number of piperidine rings is 1. The number of carbonyl (C=O) groups is 1. The van der Waals surface area contributed by atoms with Crippen LogP contribution in [0.3, 0.4) is 0 Å². The minimum atomic E-state index is 0.123. The Labute approximate surface area is 121 Å². The maximum atomic E-state index is 12.2. The van der Waals surface area contributed by atoms with Gasteiger partial charge in [0, 0.05) is 12.2 Å². The summed E-state index contributed by atoms with van der Waals surface area (Å²) in [6.45, 7) is 1.85. The minimum absolute atomic E-state index is 0.123. The van der Waals surface area contributed by atoms with E-state index in [1.807, 2.05) is 0 Å². The van der Waals surface area contributed by atoms with Crippen molar-refractivity contribution < 1.29 is 4.79 Å². The van der Waals surface area contributed by atoms with Crippen molar-refractivity contribution in [2.45, 2.75) is 44.4 Å². The van der Waals surface area contributed by atoms with Crippen LogP contribution in [0.2, 0.25) is 0 Å². The van der Waals surface area contributed by atoms with E-state index in [4.69, 9.17) is 0 Å². The number of hydrogen-bond donors (Lipinski definition) is 2. The lowest BCUT2D eigenvalue weighted by Crippen LogP contribution is -2.37. The molecule has 2 aliphatic rings. The third-order valence-electron chi connectivity index (χ3n) is 4.67. The summed E-state index contributed by atoms with van der Waals surface area (Å²) in [5.74, 6) is 1.02. The van der Waals surface area contributed by atoms with Gasteiger partial charge in [-0.2, -0.15) is 0 Å². The highest BCUT2D eigenvalue weighted by Crippen LogP contribution is 2.34. The zero-order chi connectivity index (χ0) is 13.8. The molecule has 2 N–H and O–H groups in total. The maximum Gasteiger partial charge on any atom is 0.228 e. The molecule has 1 amide bonds. The van der Waals surface area contributed by atoms with Crippen molar-refractivity contribution >= 4 is 11.6 Å². The predicted octanol–water partition coefficient (Wildman–Crippen LogP) is 3.28. The molecule has 1 aliphatic heterocycles. The van der Waals surface area contributed by atoms with Gasteiger partial charge in [-0.05, 0) is 55.8 Å². The normalized spacial score (nSPS) is 23.7. The second kappa shape index (κ2) is 6.40. The molecule has 0 bridgehead atoms. The van der Waals surface area contributed by atoms with Crippen LogP contribution in [0.5, 0.6) is 0 Å². The molecule has 1 aliphatic carbocycles. The smallest absolute Gasteiger partial charge is 0.228 e. The minimum Gasteiger partial charge on any atom is -0.326 e. The van der Waals surface area contributed by atoms with Crippen molar-refractivity contribution in [3.8, 4) is 0 Å². The molecule has 1 saturated heterocycles. The Morgan fingerprint density at radius 3 is 2.45 bits per heavy atom. The first-order valence-electron chi connectivity index (χ1n) is 7.94. The highest BCUT2D eigenvalue weighted by molar-refractivity contribution is 5.92. The van der Waals surface area contributed by atoms with Gasteiger partial charge in [-0.15, -0.1) is 0 Å². The standard InChI is InChI=1S/C17H24N2O/c20-17(15-6-3-11-18-12-15)19-16-9-7-14(8-10-16)13-4-1-2-5-13/h7-10,13,15,18H,1-6,11-12H2,(H,19,20). The fraction of sp³-hybridized carbons (Fsp3) is 0.588. The average molecular weight is 272 g/mol. The lowest BCUT2D eigenvalue weighted by atomic mass is 9.97. The second-order valence-electron chi connectivity index (χ2n) is 6.14. The summed E-state index contributed by atoms with van der Waals surface area (Å²) in [5, 5.41) is 6.34. The quantitative estimate of drug-likeness (QED) is 0.886.